The Balaban J connectivity index is 2.20. The highest BCUT2D eigenvalue weighted by Gasteiger charge is 2.08. The quantitative estimate of drug-likeness (QED) is 0.900. The fourth-order valence-electron chi connectivity index (χ4n) is 2.79. The Bertz CT molecular complexity index is 608. The summed E-state index contributed by atoms with van der Waals surface area (Å²) in [6.07, 6.45) is 0.850. The van der Waals surface area contributed by atoms with Gasteiger partial charge in [0.1, 0.15) is 12.4 Å². The minimum Gasteiger partial charge on any atom is -0.489 e. The van der Waals surface area contributed by atoms with Crippen molar-refractivity contribution in [2.24, 2.45) is 5.73 Å². The molecule has 0 saturated heterocycles. The van der Waals surface area contributed by atoms with Crippen molar-refractivity contribution in [3.63, 3.8) is 0 Å². The predicted octanol–water partition coefficient (Wildman–Crippen LogP) is 4.00. The van der Waals surface area contributed by atoms with Crippen molar-refractivity contribution in [2.75, 3.05) is 6.54 Å². The lowest BCUT2D eigenvalue weighted by molar-refractivity contribution is 0.301. The second-order valence-corrected chi connectivity index (χ2v) is 5.82. The van der Waals surface area contributed by atoms with Gasteiger partial charge < -0.3 is 10.5 Å². The van der Waals surface area contributed by atoms with Gasteiger partial charge in [0.05, 0.1) is 0 Å². The van der Waals surface area contributed by atoms with Gasteiger partial charge in [-0.15, -0.1) is 0 Å². The Morgan fingerprint density at radius 2 is 1.57 bits per heavy atom. The monoisotopic (exact) mass is 283 g/mol. The summed E-state index contributed by atoms with van der Waals surface area (Å²) in [6.45, 7) is 9.77. The maximum absolute atomic E-state index is 6.08. The highest BCUT2D eigenvalue weighted by Crippen LogP contribution is 2.24. The normalized spacial score (nSPS) is 10.7. The smallest absolute Gasteiger partial charge is 0.123 e. The molecule has 21 heavy (non-hydrogen) atoms. The van der Waals surface area contributed by atoms with Crippen LogP contribution in [0.3, 0.4) is 0 Å². The van der Waals surface area contributed by atoms with Crippen LogP contribution >= 0.6 is 0 Å². The third-order valence-electron chi connectivity index (χ3n) is 3.84. The largest absolute Gasteiger partial charge is 0.489 e. The lowest BCUT2D eigenvalue weighted by Crippen LogP contribution is -2.07. The van der Waals surface area contributed by atoms with Gasteiger partial charge in [-0.2, -0.15) is 0 Å². The first-order valence-corrected chi connectivity index (χ1v) is 7.50. The molecule has 0 unspecified atom stereocenters. The Kier molecular flexibility index (Phi) is 5.03. The van der Waals surface area contributed by atoms with Crippen molar-refractivity contribution in [3.05, 3.63) is 63.7 Å². The minimum absolute atomic E-state index is 0.610. The molecule has 0 aliphatic heterocycles. The topological polar surface area (TPSA) is 35.2 Å². The van der Waals surface area contributed by atoms with Gasteiger partial charge in [-0.1, -0.05) is 35.4 Å². The predicted molar refractivity (Wildman–Crippen MR) is 88.9 cm³/mol. The molecule has 0 bridgehead atoms. The third kappa shape index (κ3) is 3.85. The minimum atomic E-state index is 0.610. The maximum atomic E-state index is 6.08. The molecular weight excluding hydrogens is 258 g/mol. The number of ether oxygens (including phenoxy) is 1. The van der Waals surface area contributed by atoms with Crippen molar-refractivity contribution in [1.82, 2.24) is 0 Å². The summed E-state index contributed by atoms with van der Waals surface area (Å²) < 4.78 is 6.08. The van der Waals surface area contributed by atoms with E-state index in [9.17, 15) is 0 Å². The van der Waals surface area contributed by atoms with Gasteiger partial charge in [0.25, 0.3) is 0 Å². The average molecular weight is 283 g/mol. The summed E-state index contributed by atoms with van der Waals surface area (Å²) in [4.78, 5) is 0. The van der Waals surface area contributed by atoms with Crippen LogP contribution in [0, 0.1) is 27.7 Å². The molecule has 2 nitrogen and oxygen atoms in total. The van der Waals surface area contributed by atoms with E-state index < -0.39 is 0 Å². The highest BCUT2D eigenvalue weighted by atomic mass is 16.5. The zero-order valence-corrected chi connectivity index (χ0v) is 13.5. The first-order chi connectivity index (χ1) is 10.0. The molecule has 0 amide bonds. The molecule has 2 rings (SSSR count). The highest BCUT2D eigenvalue weighted by molar-refractivity contribution is 5.40. The molecular formula is C19H25NO. The molecule has 112 valence electrons. The lowest BCUT2D eigenvalue weighted by Gasteiger charge is -2.15. The van der Waals surface area contributed by atoms with Crippen LogP contribution in [0.4, 0.5) is 0 Å². The lowest BCUT2D eigenvalue weighted by atomic mass is 10.0. The fraction of sp³-hybridized carbons (Fsp3) is 0.368. The van der Waals surface area contributed by atoms with E-state index in [1.165, 1.54) is 33.4 Å². The van der Waals surface area contributed by atoms with Crippen molar-refractivity contribution < 1.29 is 4.74 Å². The molecule has 0 aliphatic carbocycles. The van der Waals surface area contributed by atoms with Crippen LogP contribution in [0.1, 0.15) is 33.4 Å². The Labute approximate surface area is 127 Å². The molecule has 0 saturated carbocycles. The van der Waals surface area contributed by atoms with Gasteiger partial charge in [-0.25, -0.2) is 0 Å². The molecule has 0 radical (unpaired) electrons. The van der Waals surface area contributed by atoms with E-state index in [1.807, 2.05) is 0 Å². The van der Waals surface area contributed by atoms with E-state index in [2.05, 4.69) is 58.0 Å². The zero-order valence-electron chi connectivity index (χ0n) is 13.5. The average Bonchev–Trinajstić information content (AvgIpc) is 2.40. The molecule has 0 fully saturated rings. The number of aryl methyl sites for hydroxylation is 4. The van der Waals surface area contributed by atoms with Crippen molar-refractivity contribution >= 4 is 0 Å². The van der Waals surface area contributed by atoms with Crippen LogP contribution in [-0.4, -0.2) is 6.54 Å². The van der Waals surface area contributed by atoms with Crippen LogP contribution < -0.4 is 10.5 Å². The maximum Gasteiger partial charge on any atom is 0.123 e. The van der Waals surface area contributed by atoms with Gasteiger partial charge in [0.15, 0.2) is 0 Å². The summed E-state index contributed by atoms with van der Waals surface area (Å²) in [6, 6.07) is 10.7. The second kappa shape index (κ2) is 6.77. The van der Waals surface area contributed by atoms with Crippen LogP contribution in [0.2, 0.25) is 0 Å². The number of hydrogen-bond acceptors (Lipinski definition) is 2. The molecule has 0 heterocycles. The number of benzene rings is 2. The molecule has 0 spiro atoms. The number of rotatable bonds is 5. The summed E-state index contributed by atoms with van der Waals surface area (Å²) in [5.74, 6) is 0.949. The van der Waals surface area contributed by atoms with E-state index in [0.29, 0.717) is 13.2 Å². The molecule has 0 atom stereocenters. The summed E-state index contributed by atoms with van der Waals surface area (Å²) in [5.41, 5.74) is 13.3. The third-order valence-corrected chi connectivity index (χ3v) is 3.84. The van der Waals surface area contributed by atoms with Gasteiger partial charge in [-0.05, 0) is 69.0 Å². The standard InChI is InChI=1S/C19H25NO/c1-13-5-6-19(17(11-13)7-8-20)21-12-18-15(3)9-14(2)10-16(18)4/h5-6,9-11H,7-8,12,20H2,1-4H3. The summed E-state index contributed by atoms with van der Waals surface area (Å²) in [5, 5.41) is 0. The SMILES string of the molecule is Cc1cc(C)c(COc2ccc(C)cc2CCN)c(C)c1. The molecule has 2 N–H and O–H groups in total. The van der Waals surface area contributed by atoms with Gasteiger partial charge >= 0.3 is 0 Å². The van der Waals surface area contributed by atoms with Crippen LogP contribution in [0.25, 0.3) is 0 Å². The molecule has 2 aromatic rings. The zero-order chi connectivity index (χ0) is 15.4. The van der Waals surface area contributed by atoms with Crippen LogP contribution in [0.5, 0.6) is 5.75 Å². The first-order valence-electron chi connectivity index (χ1n) is 7.50. The van der Waals surface area contributed by atoms with E-state index in [-0.39, 0.29) is 0 Å². The van der Waals surface area contributed by atoms with E-state index in [0.717, 1.165) is 12.2 Å². The first kappa shape index (κ1) is 15.6. The van der Waals surface area contributed by atoms with Gasteiger partial charge in [0, 0.05) is 0 Å². The van der Waals surface area contributed by atoms with Crippen molar-refractivity contribution in [1.29, 1.82) is 0 Å². The van der Waals surface area contributed by atoms with Crippen molar-refractivity contribution in [2.45, 2.75) is 40.7 Å². The molecule has 0 aliphatic rings. The van der Waals surface area contributed by atoms with Crippen LogP contribution in [-0.2, 0) is 13.0 Å². The molecule has 2 heteroatoms. The summed E-state index contributed by atoms with van der Waals surface area (Å²) >= 11 is 0. The second-order valence-electron chi connectivity index (χ2n) is 5.82. The van der Waals surface area contributed by atoms with E-state index >= 15 is 0 Å². The number of hydrogen-bond donors (Lipinski definition) is 1. The van der Waals surface area contributed by atoms with Gasteiger partial charge in [-0.3, -0.25) is 0 Å². The van der Waals surface area contributed by atoms with Gasteiger partial charge in [0.2, 0.25) is 0 Å². The van der Waals surface area contributed by atoms with Crippen molar-refractivity contribution in [3.8, 4) is 5.75 Å². The fourth-order valence-corrected chi connectivity index (χ4v) is 2.79. The Hall–Kier alpha value is -1.80. The van der Waals surface area contributed by atoms with E-state index in [4.69, 9.17) is 10.5 Å². The summed E-state index contributed by atoms with van der Waals surface area (Å²) in [7, 11) is 0. The number of nitrogens with two attached hydrogens (primary N) is 1. The van der Waals surface area contributed by atoms with E-state index in [1.54, 1.807) is 0 Å². The van der Waals surface area contributed by atoms with Crippen LogP contribution in [0.15, 0.2) is 30.3 Å². The molecule has 2 aromatic carbocycles. The Morgan fingerprint density at radius 1 is 0.905 bits per heavy atom. The Morgan fingerprint density at radius 3 is 2.19 bits per heavy atom. The molecule has 0 aromatic heterocycles.